The molecule has 0 radical (unpaired) electrons. The predicted octanol–water partition coefficient (Wildman–Crippen LogP) is 4.48. The van der Waals surface area contributed by atoms with Crippen LogP contribution in [0.1, 0.15) is 50.6 Å². The lowest BCUT2D eigenvalue weighted by atomic mass is 9.97. The van der Waals surface area contributed by atoms with E-state index < -0.39 is 6.10 Å². The van der Waals surface area contributed by atoms with E-state index in [1.807, 2.05) is 11.8 Å². The highest BCUT2D eigenvalue weighted by Gasteiger charge is 2.33. The molecule has 3 unspecified atom stereocenters. The fourth-order valence-corrected chi connectivity index (χ4v) is 4.39. The lowest BCUT2D eigenvalue weighted by molar-refractivity contribution is -0.147. The second-order valence-electron chi connectivity index (χ2n) is 7.72. The molecule has 2 aliphatic heterocycles. The second kappa shape index (κ2) is 8.41. The van der Waals surface area contributed by atoms with E-state index in [-0.39, 0.29) is 18.1 Å². The summed E-state index contributed by atoms with van der Waals surface area (Å²) in [4.78, 5) is 15.1. The minimum Gasteiger partial charge on any atom is -0.376 e. The zero-order chi connectivity index (χ0) is 18.6. The van der Waals surface area contributed by atoms with Crippen molar-refractivity contribution >= 4 is 16.7 Å². The molecule has 2 fully saturated rings. The Morgan fingerprint density at radius 3 is 2.85 bits per heavy atom. The quantitative estimate of drug-likeness (QED) is 0.782. The van der Waals surface area contributed by atoms with E-state index in [4.69, 9.17) is 9.47 Å². The number of fused-ring (bicyclic) bond motifs is 1. The van der Waals surface area contributed by atoms with Gasteiger partial charge in [0.05, 0.1) is 18.8 Å². The number of nitrogens with zero attached hydrogens (tertiary/aromatic N) is 1. The molecule has 2 aromatic rings. The van der Waals surface area contributed by atoms with Crippen molar-refractivity contribution in [2.45, 2.75) is 57.3 Å². The van der Waals surface area contributed by atoms with Crippen molar-refractivity contribution in [1.82, 2.24) is 4.90 Å². The molecule has 0 aliphatic carbocycles. The normalized spacial score (nSPS) is 24.3. The summed E-state index contributed by atoms with van der Waals surface area (Å²) in [7, 11) is 0. The Hall–Kier alpha value is -1.91. The van der Waals surface area contributed by atoms with E-state index in [0.29, 0.717) is 6.61 Å². The Labute approximate surface area is 161 Å². The van der Waals surface area contributed by atoms with Crippen LogP contribution < -0.4 is 0 Å². The molecule has 0 spiro atoms. The van der Waals surface area contributed by atoms with Crippen molar-refractivity contribution < 1.29 is 14.3 Å². The summed E-state index contributed by atoms with van der Waals surface area (Å²) in [5.41, 5.74) is 1.25. The van der Waals surface area contributed by atoms with E-state index in [1.54, 1.807) is 0 Å². The minimum absolute atomic E-state index is 0.0984. The van der Waals surface area contributed by atoms with Crippen LogP contribution >= 0.6 is 0 Å². The molecular weight excluding hydrogens is 338 g/mol. The fraction of sp³-hybridized carbons (Fsp3) is 0.522. The Balaban J connectivity index is 1.46. The van der Waals surface area contributed by atoms with Crippen LogP contribution in [0.15, 0.2) is 42.5 Å². The van der Waals surface area contributed by atoms with Gasteiger partial charge < -0.3 is 14.4 Å². The number of carbonyl (C=O) groups excluding carboxylic acids is 1. The maximum atomic E-state index is 13.1. The third-order valence-electron chi connectivity index (χ3n) is 5.87. The third-order valence-corrected chi connectivity index (χ3v) is 5.87. The maximum absolute atomic E-state index is 13.1. The van der Waals surface area contributed by atoms with Crippen LogP contribution in [-0.4, -0.2) is 42.8 Å². The summed E-state index contributed by atoms with van der Waals surface area (Å²) in [5.74, 6) is 0.0984. The lowest BCUT2D eigenvalue weighted by Crippen LogP contribution is -2.40. The van der Waals surface area contributed by atoms with E-state index >= 15 is 0 Å². The van der Waals surface area contributed by atoms with Crippen molar-refractivity contribution in [2.75, 3.05) is 19.8 Å². The monoisotopic (exact) mass is 367 g/mol. The number of ether oxygens (including phenoxy) is 2. The zero-order valence-electron chi connectivity index (χ0n) is 16.1. The first-order valence-corrected chi connectivity index (χ1v) is 10.3. The van der Waals surface area contributed by atoms with Gasteiger partial charge >= 0.3 is 0 Å². The number of hydrogen-bond acceptors (Lipinski definition) is 3. The van der Waals surface area contributed by atoms with Crippen LogP contribution in [0.25, 0.3) is 10.8 Å². The van der Waals surface area contributed by atoms with Gasteiger partial charge in [0.1, 0.15) is 6.10 Å². The molecular formula is C23H29NO3. The number of carbonyl (C=O) groups is 1. The summed E-state index contributed by atoms with van der Waals surface area (Å²) in [6.07, 6.45) is 5.11. The van der Waals surface area contributed by atoms with Gasteiger partial charge in [-0.15, -0.1) is 0 Å². The standard InChI is InChI=1S/C23H29NO3/c1-17(27-16-19-10-4-5-15-26-19)23(25)24-14-7-13-22(24)21-12-6-9-18-8-2-3-11-20(18)21/h2-3,6,8-9,11-12,17,19,22H,4-5,7,10,13-16H2,1H3. The van der Waals surface area contributed by atoms with Crippen LogP contribution in [0.2, 0.25) is 0 Å². The largest absolute Gasteiger partial charge is 0.376 e. The molecule has 2 aromatic carbocycles. The van der Waals surface area contributed by atoms with Crippen molar-refractivity contribution in [3.05, 3.63) is 48.0 Å². The Kier molecular flexibility index (Phi) is 5.74. The SMILES string of the molecule is CC(OCC1CCCCO1)C(=O)N1CCCC1c1cccc2ccccc12. The van der Waals surface area contributed by atoms with Crippen LogP contribution in [0.5, 0.6) is 0 Å². The predicted molar refractivity (Wildman–Crippen MR) is 107 cm³/mol. The average molecular weight is 367 g/mol. The Morgan fingerprint density at radius 2 is 2.00 bits per heavy atom. The number of hydrogen-bond donors (Lipinski definition) is 0. The lowest BCUT2D eigenvalue weighted by Gasteiger charge is -2.30. The molecule has 2 aliphatic rings. The number of amides is 1. The van der Waals surface area contributed by atoms with Gasteiger partial charge in [0.2, 0.25) is 0 Å². The molecule has 0 saturated carbocycles. The first kappa shape index (κ1) is 18.5. The van der Waals surface area contributed by atoms with E-state index in [2.05, 4.69) is 42.5 Å². The van der Waals surface area contributed by atoms with Gasteiger partial charge in [-0.1, -0.05) is 42.5 Å². The van der Waals surface area contributed by atoms with Gasteiger partial charge in [0, 0.05) is 13.2 Å². The molecule has 0 bridgehead atoms. The molecule has 144 valence electrons. The van der Waals surface area contributed by atoms with Gasteiger partial charge in [-0.2, -0.15) is 0 Å². The fourth-order valence-electron chi connectivity index (χ4n) is 4.39. The van der Waals surface area contributed by atoms with Gasteiger partial charge in [0.15, 0.2) is 0 Å². The molecule has 2 saturated heterocycles. The minimum atomic E-state index is -0.425. The van der Waals surface area contributed by atoms with Gasteiger partial charge in [-0.3, -0.25) is 4.79 Å². The van der Waals surface area contributed by atoms with Gasteiger partial charge in [-0.25, -0.2) is 0 Å². The highest BCUT2D eigenvalue weighted by molar-refractivity contribution is 5.87. The van der Waals surface area contributed by atoms with E-state index in [9.17, 15) is 4.79 Å². The van der Waals surface area contributed by atoms with Gasteiger partial charge in [-0.05, 0) is 55.4 Å². The summed E-state index contributed by atoms with van der Waals surface area (Å²) in [6, 6.07) is 15.0. The Morgan fingerprint density at radius 1 is 1.15 bits per heavy atom. The molecule has 27 heavy (non-hydrogen) atoms. The number of rotatable bonds is 5. The van der Waals surface area contributed by atoms with Crippen molar-refractivity contribution in [3.63, 3.8) is 0 Å². The molecule has 1 amide bonds. The molecule has 0 aromatic heterocycles. The smallest absolute Gasteiger partial charge is 0.251 e. The van der Waals surface area contributed by atoms with Crippen LogP contribution in [0.4, 0.5) is 0 Å². The molecule has 4 heteroatoms. The van der Waals surface area contributed by atoms with Crippen LogP contribution in [0, 0.1) is 0 Å². The zero-order valence-corrected chi connectivity index (χ0v) is 16.1. The number of benzene rings is 2. The molecule has 2 heterocycles. The first-order valence-electron chi connectivity index (χ1n) is 10.3. The molecule has 3 atom stereocenters. The maximum Gasteiger partial charge on any atom is 0.251 e. The summed E-state index contributed by atoms with van der Waals surface area (Å²) < 4.78 is 11.6. The van der Waals surface area contributed by atoms with Gasteiger partial charge in [0.25, 0.3) is 5.91 Å². The summed E-state index contributed by atoms with van der Waals surface area (Å²) in [5, 5.41) is 2.47. The Bertz CT molecular complexity index is 779. The number of likely N-dealkylation sites (tertiary alicyclic amines) is 1. The second-order valence-corrected chi connectivity index (χ2v) is 7.72. The van der Waals surface area contributed by atoms with E-state index in [1.165, 1.54) is 22.8 Å². The van der Waals surface area contributed by atoms with Crippen molar-refractivity contribution in [1.29, 1.82) is 0 Å². The van der Waals surface area contributed by atoms with Crippen LogP contribution in [-0.2, 0) is 14.3 Å². The highest BCUT2D eigenvalue weighted by atomic mass is 16.5. The third kappa shape index (κ3) is 4.02. The van der Waals surface area contributed by atoms with Crippen LogP contribution in [0.3, 0.4) is 0 Å². The molecule has 0 N–H and O–H groups in total. The first-order chi connectivity index (χ1) is 13.2. The molecule has 4 nitrogen and oxygen atoms in total. The van der Waals surface area contributed by atoms with Crippen molar-refractivity contribution in [2.24, 2.45) is 0 Å². The highest BCUT2D eigenvalue weighted by Crippen LogP contribution is 2.36. The van der Waals surface area contributed by atoms with E-state index in [0.717, 1.165) is 38.8 Å². The van der Waals surface area contributed by atoms with Crippen molar-refractivity contribution in [3.8, 4) is 0 Å². The molecule has 4 rings (SSSR count). The average Bonchev–Trinajstić information content (AvgIpc) is 3.21. The summed E-state index contributed by atoms with van der Waals surface area (Å²) in [6.45, 7) is 4.01. The summed E-state index contributed by atoms with van der Waals surface area (Å²) >= 11 is 0. The topological polar surface area (TPSA) is 38.8 Å².